The molecular formula is C12H17NO. The molecule has 0 amide bonds. The number of hydrogen-bond acceptors (Lipinski definition) is 2. The van der Waals surface area contributed by atoms with Gasteiger partial charge in [0.25, 0.3) is 0 Å². The molecule has 0 aliphatic heterocycles. The zero-order valence-corrected chi connectivity index (χ0v) is 8.37. The van der Waals surface area contributed by atoms with Crippen molar-refractivity contribution in [3.05, 3.63) is 29.8 Å². The van der Waals surface area contributed by atoms with E-state index in [4.69, 9.17) is 5.73 Å². The molecule has 0 atom stereocenters. The van der Waals surface area contributed by atoms with Crippen molar-refractivity contribution in [2.24, 2.45) is 0 Å². The molecule has 1 aliphatic rings. The van der Waals surface area contributed by atoms with Gasteiger partial charge in [-0.2, -0.15) is 0 Å². The van der Waals surface area contributed by atoms with E-state index in [0.717, 1.165) is 36.9 Å². The van der Waals surface area contributed by atoms with Crippen LogP contribution >= 0.6 is 0 Å². The van der Waals surface area contributed by atoms with Gasteiger partial charge in [0, 0.05) is 12.1 Å². The van der Waals surface area contributed by atoms with E-state index in [1.54, 1.807) is 0 Å². The first-order valence-electron chi connectivity index (χ1n) is 5.25. The average Bonchev–Trinajstić information content (AvgIpc) is 2.57. The Labute approximate surface area is 84.7 Å². The van der Waals surface area contributed by atoms with E-state index < -0.39 is 5.60 Å². The van der Waals surface area contributed by atoms with Crippen molar-refractivity contribution in [1.82, 2.24) is 0 Å². The lowest BCUT2D eigenvalue weighted by atomic mass is 9.92. The third-order valence-electron chi connectivity index (χ3n) is 3.11. The molecule has 0 saturated heterocycles. The summed E-state index contributed by atoms with van der Waals surface area (Å²) in [4.78, 5) is 0. The number of rotatable bonds is 2. The van der Waals surface area contributed by atoms with Gasteiger partial charge in [0.2, 0.25) is 0 Å². The first-order chi connectivity index (χ1) is 6.70. The molecule has 0 bridgehead atoms. The lowest BCUT2D eigenvalue weighted by Crippen LogP contribution is -2.27. The average molecular weight is 191 g/mol. The normalized spacial score (nSPS) is 19.8. The van der Waals surface area contributed by atoms with Crippen molar-refractivity contribution in [2.45, 2.75) is 37.7 Å². The fraction of sp³-hybridized carbons (Fsp3) is 0.500. The molecule has 1 saturated carbocycles. The van der Waals surface area contributed by atoms with Crippen molar-refractivity contribution in [3.63, 3.8) is 0 Å². The zero-order chi connectivity index (χ0) is 10.0. The second-order valence-electron chi connectivity index (χ2n) is 4.31. The van der Waals surface area contributed by atoms with Crippen molar-refractivity contribution in [3.8, 4) is 0 Å². The summed E-state index contributed by atoms with van der Waals surface area (Å²) >= 11 is 0. The van der Waals surface area contributed by atoms with Crippen LogP contribution in [0.2, 0.25) is 0 Å². The van der Waals surface area contributed by atoms with Gasteiger partial charge >= 0.3 is 0 Å². The molecule has 0 aromatic heterocycles. The topological polar surface area (TPSA) is 46.2 Å². The second kappa shape index (κ2) is 3.62. The van der Waals surface area contributed by atoms with Crippen LogP contribution in [-0.4, -0.2) is 10.7 Å². The molecule has 0 spiro atoms. The Balaban J connectivity index is 2.14. The van der Waals surface area contributed by atoms with Gasteiger partial charge in [0.15, 0.2) is 0 Å². The molecule has 2 nitrogen and oxygen atoms in total. The van der Waals surface area contributed by atoms with Gasteiger partial charge in [-0.05, 0) is 24.5 Å². The quantitative estimate of drug-likeness (QED) is 0.703. The maximum absolute atomic E-state index is 10.2. The van der Waals surface area contributed by atoms with Crippen LogP contribution in [0.4, 0.5) is 5.69 Å². The number of nitrogen functional groups attached to an aromatic ring is 1. The van der Waals surface area contributed by atoms with Crippen LogP contribution in [-0.2, 0) is 6.42 Å². The van der Waals surface area contributed by atoms with E-state index in [-0.39, 0.29) is 0 Å². The standard InChI is InChI=1S/C12H17NO/c13-11-6-2-1-5-10(11)9-12(14)7-3-4-8-12/h1-2,5-6,14H,3-4,7-9,13H2. The molecule has 2 rings (SSSR count). The molecule has 0 heterocycles. The maximum Gasteiger partial charge on any atom is 0.0688 e. The number of hydrogen-bond donors (Lipinski definition) is 2. The van der Waals surface area contributed by atoms with E-state index in [1.165, 1.54) is 0 Å². The molecule has 0 radical (unpaired) electrons. The lowest BCUT2D eigenvalue weighted by Gasteiger charge is -2.22. The number of para-hydroxylation sites is 1. The molecule has 3 N–H and O–H groups in total. The maximum atomic E-state index is 10.2. The number of benzene rings is 1. The summed E-state index contributed by atoms with van der Waals surface area (Å²) in [6.07, 6.45) is 4.83. The number of nitrogens with two attached hydrogens (primary N) is 1. The Morgan fingerprint density at radius 3 is 2.50 bits per heavy atom. The van der Waals surface area contributed by atoms with Gasteiger partial charge in [-0.3, -0.25) is 0 Å². The summed E-state index contributed by atoms with van der Waals surface area (Å²) in [7, 11) is 0. The Hall–Kier alpha value is -1.02. The smallest absolute Gasteiger partial charge is 0.0688 e. The van der Waals surface area contributed by atoms with Crippen LogP contribution in [0.5, 0.6) is 0 Å². The van der Waals surface area contributed by atoms with Gasteiger partial charge in [0.1, 0.15) is 0 Å². The Kier molecular flexibility index (Phi) is 2.46. The van der Waals surface area contributed by atoms with Gasteiger partial charge in [-0.15, -0.1) is 0 Å². The molecule has 76 valence electrons. The minimum atomic E-state index is -0.491. The van der Waals surface area contributed by atoms with Crippen LogP contribution in [0.3, 0.4) is 0 Å². The number of aliphatic hydroxyl groups is 1. The van der Waals surface area contributed by atoms with E-state index in [0.29, 0.717) is 6.42 Å². The highest BCUT2D eigenvalue weighted by molar-refractivity contribution is 5.47. The summed E-state index contributed by atoms with van der Waals surface area (Å²) in [5.74, 6) is 0. The highest BCUT2D eigenvalue weighted by Gasteiger charge is 2.31. The molecule has 1 aromatic carbocycles. The third kappa shape index (κ3) is 1.90. The SMILES string of the molecule is Nc1ccccc1CC1(O)CCCC1. The minimum absolute atomic E-state index is 0.491. The highest BCUT2D eigenvalue weighted by Crippen LogP contribution is 2.33. The van der Waals surface area contributed by atoms with Crippen LogP contribution in [0, 0.1) is 0 Å². The van der Waals surface area contributed by atoms with Crippen LogP contribution in [0.15, 0.2) is 24.3 Å². The summed E-state index contributed by atoms with van der Waals surface area (Å²) in [5.41, 5.74) is 7.24. The molecular weight excluding hydrogens is 174 g/mol. The monoisotopic (exact) mass is 191 g/mol. The van der Waals surface area contributed by atoms with Crippen molar-refractivity contribution >= 4 is 5.69 Å². The predicted molar refractivity (Wildman–Crippen MR) is 58.0 cm³/mol. The van der Waals surface area contributed by atoms with Crippen LogP contribution < -0.4 is 5.73 Å². The lowest BCUT2D eigenvalue weighted by molar-refractivity contribution is 0.0483. The molecule has 1 fully saturated rings. The number of anilines is 1. The summed E-state index contributed by atoms with van der Waals surface area (Å²) in [6.45, 7) is 0. The van der Waals surface area contributed by atoms with Crippen LogP contribution in [0.1, 0.15) is 31.2 Å². The van der Waals surface area contributed by atoms with E-state index >= 15 is 0 Å². The largest absolute Gasteiger partial charge is 0.399 e. The second-order valence-corrected chi connectivity index (χ2v) is 4.31. The summed E-state index contributed by atoms with van der Waals surface area (Å²) in [6, 6.07) is 7.81. The van der Waals surface area contributed by atoms with Gasteiger partial charge in [-0.1, -0.05) is 31.0 Å². The Morgan fingerprint density at radius 2 is 1.86 bits per heavy atom. The van der Waals surface area contributed by atoms with Gasteiger partial charge < -0.3 is 10.8 Å². The van der Waals surface area contributed by atoms with Crippen molar-refractivity contribution in [1.29, 1.82) is 0 Å². The highest BCUT2D eigenvalue weighted by atomic mass is 16.3. The fourth-order valence-electron chi connectivity index (χ4n) is 2.26. The first kappa shape index (κ1) is 9.53. The van der Waals surface area contributed by atoms with Gasteiger partial charge in [0.05, 0.1) is 5.60 Å². The molecule has 1 aliphatic carbocycles. The summed E-state index contributed by atoms with van der Waals surface area (Å²) < 4.78 is 0. The molecule has 2 heteroatoms. The fourth-order valence-corrected chi connectivity index (χ4v) is 2.26. The Bertz CT molecular complexity index is 316. The third-order valence-corrected chi connectivity index (χ3v) is 3.11. The summed E-state index contributed by atoms with van der Waals surface area (Å²) in [5, 5.41) is 10.2. The first-order valence-corrected chi connectivity index (χ1v) is 5.25. The molecule has 0 unspecified atom stereocenters. The molecule has 1 aromatic rings. The van der Waals surface area contributed by atoms with E-state index in [9.17, 15) is 5.11 Å². The van der Waals surface area contributed by atoms with Crippen LogP contribution in [0.25, 0.3) is 0 Å². The van der Waals surface area contributed by atoms with Gasteiger partial charge in [-0.25, -0.2) is 0 Å². The zero-order valence-electron chi connectivity index (χ0n) is 8.37. The van der Waals surface area contributed by atoms with Crippen molar-refractivity contribution < 1.29 is 5.11 Å². The van der Waals surface area contributed by atoms with Crippen molar-refractivity contribution in [2.75, 3.05) is 5.73 Å². The predicted octanol–water partition coefficient (Wildman–Crippen LogP) is 2.12. The minimum Gasteiger partial charge on any atom is -0.399 e. The molecule has 14 heavy (non-hydrogen) atoms. The van der Waals surface area contributed by atoms with E-state index in [1.807, 2.05) is 24.3 Å². The Morgan fingerprint density at radius 1 is 1.21 bits per heavy atom. The van der Waals surface area contributed by atoms with E-state index in [2.05, 4.69) is 0 Å².